The summed E-state index contributed by atoms with van der Waals surface area (Å²) in [6.07, 6.45) is 0. The Morgan fingerprint density at radius 3 is 2.38 bits per heavy atom. The fourth-order valence-electron chi connectivity index (χ4n) is 3.12. The molecule has 5 heteroatoms. The molecule has 5 nitrogen and oxygen atoms in total. The normalized spacial score (nSPS) is 10.6. The lowest BCUT2D eigenvalue weighted by Crippen LogP contribution is -2.15. The zero-order valence-corrected chi connectivity index (χ0v) is 16.3. The lowest BCUT2D eigenvalue weighted by Gasteiger charge is -2.10. The Hall–Kier alpha value is -3.86. The Bertz CT molecular complexity index is 1130. The summed E-state index contributed by atoms with van der Waals surface area (Å²) < 4.78 is 6.98. The Morgan fingerprint density at radius 2 is 1.69 bits per heavy atom. The topological polar surface area (TPSA) is 56.1 Å². The predicted octanol–water partition coefficient (Wildman–Crippen LogP) is 5.11. The molecule has 3 aromatic carbocycles. The smallest absolute Gasteiger partial charge is 0.256 e. The van der Waals surface area contributed by atoms with Crippen LogP contribution in [0.3, 0.4) is 0 Å². The minimum atomic E-state index is -0.178. The van der Waals surface area contributed by atoms with E-state index in [1.54, 1.807) is 17.9 Å². The van der Waals surface area contributed by atoms with Gasteiger partial charge in [-0.2, -0.15) is 5.10 Å². The monoisotopic (exact) mass is 383 g/mol. The summed E-state index contributed by atoms with van der Waals surface area (Å²) >= 11 is 0. The molecule has 4 rings (SSSR count). The maximum absolute atomic E-state index is 12.8. The highest BCUT2D eigenvalue weighted by atomic mass is 16.5. The van der Waals surface area contributed by atoms with Gasteiger partial charge in [0, 0.05) is 17.2 Å². The van der Waals surface area contributed by atoms with Crippen molar-refractivity contribution in [3.63, 3.8) is 0 Å². The van der Waals surface area contributed by atoms with Crippen LogP contribution in [0, 0.1) is 6.92 Å². The molecule has 1 N–H and O–H groups in total. The quantitative estimate of drug-likeness (QED) is 0.521. The van der Waals surface area contributed by atoms with Gasteiger partial charge in [-0.25, -0.2) is 4.68 Å². The molecule has 0 fully saturated rings. The standard InChI is InChI=1S/C24H21N3O2/c1-17-7-6-10-19(15-17)24(28)25-23-16-22(18-8-4-3-5-9-18)26-27(23)20-11-13-21(29-2)14-12-20/h3-16H,1-2H3,(H,25,28). The number of amides is 1. The van der Waals surface area contributed by atoms with Gasteiger partial charge < -0.3 is 10.1 Å². The summed E-state index contributed by atoms with van der Waals surface area (Å²) in [7, 11) is 1.63. The van der Waals surface area contributed by atoms with Crippen molar-refractivity contribution in [3.8, 4) is 22.7 Å². The second kappa shape index (κ2) is 8.02. The van der Waals surface area contributed by atoms with E-state index in [1.807, 2.05) is 85.8 Å². The Morgan fingerprint density at radius 1 is 0.931 bits per heavy atom. The van der Waals surface area contributed by atoms with Crippen LogP contribution in [0.1, 0.15) is 15.9 Å². The number of aryl methyl sites for hydroxylation is 1. The van der Waals surface area contributed by atoms with Gasteiger partial charge in [0.2, 0.25) is 0 Å². The van der Waals surface area contributed by atoms with Crippen LogP contribution < -0.4 is 10.1 Å². The Balaban J connectivity index is 1.74. The number of anilines is 1. The van der Waals surface area contributed by atoms with Crippen LogP contribution in [-0.2, 0) is 0 Å². The van der Waals surface area contributed by atoms with Gasteiger partial charge in [0.15, 0.2) is 0 Å². The molecular weight excluding hydrogens is 362 g/mol. The lowest BCUT2D eigenvalue weighted by atomic mass is 10.1. The zero-order chi connectivity index (χ0) is 20.2. The first-order valence-corrected chi connectivity index (χ1v) is 9.32. The average Bonchev–Trinajstić information content (AvgIpc) is 3.18. The fraction of sp³-hybridized carbons (Fsp3) is 0.0833. The molecule has 1 heterocycles. The van der Waals surface area contributed by atoms with Crippen LogP contribution in [0.5, 0.6) is 5.75 Å². The molecule has 0 spiro atoms. The summed E-state index contributed by atoms with van der Waals surface area (Å²) in [5.41, 5.74) is 4.22. The van der Waals surface area contributed by atoms with E-state index in [0.29, 0.717) is 11.4 Å². The van der Waals surface area contributed by atoms with E-state index in [9.17, 15) is 4.79 Å². The molecule has 29 heavy (non-hydrogen) atoms. The number of hydrogen-bond donors (Lipinski definition) is 1. The Kier molecular flexibility index (Phi) is 5.12. The van der Waals surface area contributed by atoms with Crippen LogP contribution in [0.2, 0.25) is 0 Å². The van der Waals surface area contributed by atoms with Crippen molar-refractivity contribution in [2.24, 2.45) is 0 Å². The van der Waals surface area contributed by atoms with Gasteiger partial charge in [-0.1, -0.05) is 48.0 Å². The molecule has 0 aliphatic carbocycles. The molecule has 1 amide bonds. The van der Waals surface area contributed by atoms with Crippen molar-refractivity contribution in [1.82, 2.24) is 9.78 Å². The first kappa shape index (κ1) is 18.5. The summed E-state index contributed by atoms with van der Waals surface area (Å²) in [5.74, 6) is 1.18. The van der Waals surface area contributed by atoms with E-state index in [4.69, 9.17) is 9.84 Å². The van der Waals surface area contributed by atoms with Crippen LogP contribution in [-0.4, -0.2) is 22.8 Å². The number of rotatable bonds is 5. The van der Waals surface area contributed by atoms with Gasteiger partial charge in [-0.15, -0.1) is 0 Å². The van der Waals surface area contributed by atoms with Crippen molar-refractivity contribution < 1.29 is 9.53 Å². The van der Waals surface area contributed by atoms with Crippen molar-refractivity contribution in [3.05, 3.63) is 96.1 Å². The maximum atomic E-state index is 12.8. The number of carbonyl (C=O) groups is 1. The molecule has 1 aromatic heterocycles. The maximum Gasteiger partial charge on any atom is 0.256 e. The van der Waals surface area contributed by atoms with Gasteiger partial charge >= 0.3 is 0 Å². The molecule has 4 aromatic rings. The summed E-state index contributed by atoms with van der Waals surface area (Å²) in [5, 5.41) is 7.73. The molecule has 0 atom stereocenters. The minimum Gasteiger partial charge on any atom is -0.497 e. The highest BCUT2D eigenvalue weighted by Crippen LogP contribution is 2.26. The van der Waals surface area contributed by atoms with Crippen LogP contribution in [0.25, 0.3) is 16.9 Å². The van der Waals surface area contributed by atoms with Gasteiger partial charge in [-0.3, -0.25) is 4.79 Å². The van der Waals surface area contributed by atoms with Gasteiger partial charge in [0.05, 0.1) is 18.5 Å². The van der Waals surface area contributed by atoms with Crippen LogP contribution in [0.15, 0.2) is 84.9 Å². The number of methoxy groups -OCH3 is 1. The molecule has 144 valence electrons. The van der Waals surface area contributed by atoms with Gasteiger partial charge in [-0.05, 0) is 43.3 Å². The molecule has 0 unspecified atom stereocenters. The van der Waals surface area contributed by atoms with E-state index >= 15 is 0 Å². The van der Waals surface area contributed by atoms with Crippen molar-refractivity contribution in [2.45, 2.75) is 6.92 Å². The minimum absolute atomic E-state index is 0.178. The highest BCUT2D eigenvalue weighted by Gasteiger charge is 2.15. The third kappa shape index (κ3) is 4.04. The van der Waals surface area contributed by atoms with Crippen molar-refractivity contribution in [1.29, 1.82) is 0 Å². The number of ether oxygens (including phenoxy) is 1. The largest absolute Gasteiger partial charge is 0.497 e. The lowest BCUT2D eigenvalue weighted by molar-refractivity contribution is 0.102. The van der Waals surface area contributed by atoms with Crippen LogP contribution >= 0.6 is 0 Å². The number of carbonyl (C=O) groups excluding carboxylic acids is 1. The second-order valence-corrected chi connectivity index (χ2v) is 6.71. The second-order valence-electron chi connectivity index (χ2n) is 6.71. The van der Waals surface area contributed by atoms with E-state index in [0.717, 1.165) is 28.3 Å². The number of benzene rings is 3. The SMILES string of the molecule is COc1ccc(-n2nc(-c3ccccc3)cc2NC(=O)c2cccc(C)c2)cc1. The highest BCUT2D eigenvalue weighted by molar-refractivity contribution is 6.04. The van der Waals surface area contributed by atoms with Crippen molar-refractivity contribution in [2.75, 3.05) is 12.4 Å². The molecular formula is C24H21N3O2. The molecule has 0 aliphatic heterocycles. The number of hydrogen-bond acceptors (Lipinski definition) is 3. The molecule has 0 radical (unpaired) electrons. The van der Waals surface area contributed by atoms with E-state index in [2.05, 4.69) is 5.32 Å². The Labute approximate surface area is 169 Å². The number of nitrogens with zero attached hydrogens (tertiary/aromatic N) is 2. The summed E-state index contributed by atoms with van der Waals surface area (Å²) in [4.78, 5) is 12.8. The molecule has 0 saturated carbocycles. The summed E-state index contributed by atoms with van der Waals surface area (Å²) in [6.45, 7) is 1.96. The van der Waals surface area contributed by atoms with E-state index < -0.39 is 0 Å². The number of nitrogens with one attached hydrogen (secondary N) is 1. The zero-order valence-electron chi connectivity index (χ0n) is 16.3. The summed E-state index contributed by atoms with van der Waals surface area (Å²) in [6, 6.07) is 26.8. The first-order chi connectivity index (χ1) is 14.1. The molecule has 0 saturated heterocycles. The predicted molar refractivity (Wildman–Crippen MR) is 115 cm³/mol. The van der Waals surface area contributed by atoms with Crippen molar-refractivity contribution >= 4 is 11.7 Å². The average molecular weight is 383 g/mol. The molecule has 0 aliphatic rings. The fourth-order valence-corrected chi connectivity index (χ4v) is 3.12. The number of aromatic nitrogens is 2. The van der Waals surface area contributed by atoms with Gasteiger partial charge in [0.25, 0.3) is 5.91 Å². The third-order valence-electron chi connectivity index (χ3n) is 4.62. The third-order valence-corrected chi connectivity index (χ3v) is 4.62. The van der Waals surface area contributed by atoms with Gasteiger partial charge in [0.1, 0.15) is 11.6 Å². The first-order valence-electron chi connectivity index (χ1n) is 9.32. The molecule has 0 bridgehead atoms. The van der Waals surface area contributed by atoms with E-state index in [1.165, 1.54) is 0 Å². The van der Waals surface area contributed by atoms with E-state index in [-0.39, 0.29) is 5.91 Å². The van der Waals surface area contributed by atoms with Crippen LogP contribution in [0.4, 0.5) is 5.82 Å².